The summed E-state index contributed by atoms with van der Waals surface area (Å²) in [5.74, 6) is -6.91. The minimum Gasteiger partial charge on any atom is -0.461 e. The number of cyclic esters (lactones) is 1. The van der Waals surface area contributed by atoms with Crippen molar-refractivity contribution in [3.63, 3.8) is 0 Å². The van der Waals surface area contributed by atoms with E-state index in [-0.39, 0.29) is 28.3 Å². The molecule has 9 aliphatic rings. The van der Waals surface area contributed by atoms with Gasteiger partial charge in [-0.1, -0.05) is 64.7 Å². The number of rotatable bonds is 10. The average molecular weight is 477 g/mol. The van der Waals surface area contributed by atoms with Gasteiger partial charge in [-0.3, -0.25) is 0 Å². The third kappa shape index (κ3) is 2.59. The quantitative estimate of drug-likeness (QED) is 0.214. The number of unbranched alkanes of at least 4 members (excludes halogenated alkanes) is 8. The topological polar surface area (TPSA) is 107 Å². The Kier molecular flexibility index (Phi) is 5.02. The number of carbonyl (C=O) groups excluding carboxylic acids is 1. The van der Waals surface area contributed by atoms with Gasteiger partial charge in [-0.2, -0.15) is 0 Å². The highest BCUT2D eigenvalue weighted by Gasteiger charge is 2.94. The summed E-state index contributed by atoms with van der Waals surface area (Å²) < 4.78 is 5.23. The van der Waals surface area contributed by atoms with E-state index < -0.39 is 23.0 Å². The van der Waals surface area contributed by atoms with E-state index in [0.29, 0.717) is 18.8 Å². The summed E-state index contributed by atoms with van der Waals surface area (Å²) in [4.78, 5) is 12.4. The van der Waals surface area contributed by atoms with E-state index in [4.69, 9.17) is 4.74 Å². The SMILES string of the molecule is CCCCCCCCCCCC1CC23CC1(C2)C1(C3)CC23COC(=O)C(O)(O)C(O)(O)C1(C2)C3. The zero-order chi connectivity index (χ0) is 24.1. The Labute approximate surface area is 203 Å². The van der Waals surface area contributed by atoms with Crippen LogP contribution < -0.4 is 0 Å². The van der Waals surface area contributed by atoms with E-state index in [1.54, 1.807) is 0 Å². The van der Waals surface area contributed by atoms with Gasteiger partial charge in [0.1, 0.15) is 0 Å². The molecule has 4 bridgehead atoms. The molecule has 9 rings (SSSR count). The number of ether oxygens (including phenoxy) is 1. The van der Waals surface area contributed by atoms with E-state index in [9.17, 15) is 25.2 Å². The molecule has 0 aromatic carbocycles. The minimum absolute atomic E-state index is 0.0611. The summed E-state index contributed by atoms with van der Waals surface area (Å²) in [7, 11) is 0. The Morgan fingerprint density at radius 2 is 1.32 bits per heavy atom. The second-order valence-electron chi connectivity index (χ2n) is 13.8. The molecule has 1 saturated heterocycles. The molecule has 0 radical (unpaired) electrons. The van der Waals surface area contributed by atoms with Crippen LogP contribution in [0.25, 0.3) is 0 Å². The summed E-state index contributed by atoms with van der Waals surface area (Å²) in [5.41, 5.74) is -1.23. The highest BCUT2D eigenvalue weighted by atomic mass is 16.6. The summed E-state index contributed by atoms with van der Waals surface area (Å²) >= 11 is 0. The zero-order valence-corrected chi connectivity index (χ0v) is 20.9. The van der Waals surface area contributed by atoms with E-state index in [0.717, 1.165) is 25.7 Å². The molecule has 1 spiro atoms. The standard InChI is InChI=1S/C28H44O6/c1-2-3-4-5-6-7-8-9-10-11-20-12-22-13-24(20,14-22)25(15-22)16-23-17-26(25,18-23)28(32,33)27(30,31)21(29)34-19-23/h20,30-33H,2-19H2,1H3. The summed E-state index contributed by atoms with van der Waals surface area (Å²) in [5, 5.41) is 43.9. The molecule has 1 aliphatic heterocycles. The number of fused-ring (bicyclic) bond motifs is 1. The molecule has 1 heterocycles. The van der Waals surface area contributed by atoms with Crippen LogP contribution in [0, 0.1) is 33.0 Å². The highest BCUT2D eigenvalue weighted by molar-refractivity contribution is 5.79. The molecule has 34 heavy (non-hydrogen) atoms. The Hall–Kier alpha value is -0.690. The fraction of sp³-hybridized carbons (Fsp3) is 0.964. The van der Waals surface area contributed by atoms with Gasteiger partial charge in [-0.25, -0.2) is 4.79 Å². The molecule has 2 atom stereocenters. The minimum atomic E-state index is -3.29. The number of aliphatic hydroxyl groups is 4. The maximum atomic E-state index is 12.4. The number of hydrogen-bond acceptors (Lipinski definition) is 6. The fourth-order valence-corrected chi connectivity index (χ4v) is 11.2. The lowest BCUT2D eigenvalue weighted by Crippen LogP contribution is -2.75. The molecule has 0 amide bonds. The van der Waals surface area contributed by atoms with Gasteiger partial charge in [0.25, 0.3) is 0 Å². The molecule has 192 valence electrons. The molecule has 0 aromatic rings. The predicted molar refractivity (Wildman–Crippen MR) is 125 cm³/mol. The van der Waals surface area contributed by atoms with Gasteiger partial charge in [-0.15, -0.1) is 0 Å². The van der Waals surface area contributed by atoms with Crippen molar-refractivity contribution < 1.29 is 30.0 Å². The largest absolute Gasteiger partial charge is 0.461 e. The van der Waals surface area contributed by atoms with Crippen LogP contribution in [0.15, 0.2) is 0 Å². The van der Waals surface area contributed by atoms with Crippen LogP contribution in [-0.2, 0) is 9.53 Å². The monoisotopic (exact) mass is 476 g/mol. The lowest BCUT2D eigenvalue weighted by atomic mass is 9.44. The molecular weight excluding hydrogens is 432 g/mol. The number of hydrogen-bond donors (Lipinski definition) is 4. The third-order valence-electron chi connectivity index (χ3n) is 12.0. The van der Waals surface area contributed by atoms with E-state index in [2.05, 4.69) is 6.92 Å². The first-order chi connectivity index (χ1) is 16.0. The normalized spacial score (nSPS) is 48.3. The van der Waals surface area contributed by atoms with Crippen LogP contribution in [0.5, 0.6) is 0 Å². The molecule has 0 aromatic heterocycles. The molecular formula is C28H44O6. The van der Waals surface area contributed by atoms with Crippen LogP contribution >= 0.6 is 0 Å². The van der Waals surface area contributed by atoms with Gasteiger partial charge in [0.15, 0.2) is 0 Å². The Balaban J connectivity index is 1.16. The van der Waals surface area contributed by atoms with E-state index >= 15 is 0 Å². The molecule has 4 N–H and O–H groups in total. The van der Waals surface area contributed by atoms with Gasteiger partial charge >= 0.3 is 11.8 Å². The number of esters is 1. The van der Waals surface area contributed by atoms with Gasteiger partial charge in [-0.05, 0) is 73.5 Å². The van der Waals surface area contributed by atoms with Crippen molar-refractivity contribution in [1.29, 1.82) is 0 Å². The lowest BCUT2D eigenvalue weighted by Gasteiger charge is -2.63. The van der Waals surface area contributed by atoms with Crippen molar-refractivity contribution in [2.24, 2.45) is 33.0 Å². The van der Waals surface area contributed by atoms with Crippen LogP contribution in [0.4, 0.5) is 0 Å². The van der Waals surface area contributed by atoms with Gasteiger partial charge in [0.05, 0.1) is 6.61 Å². The Morgan fingerprint density at radius 1 is 0.765 bits per heavy atom. The zero-order valence-electron chi connectivity index (χ0n) is 20.9. The first kappa shape index (κ1) is 23.7. The molecule has 6 heteroatoms. The van der Waals surface area contributed by atoms with Crippen molar-refractivity contribution >= 4 is 5.97 Å². The molecule has 8 saturated carbocycles. The molecule has 9 fully saturated rings. The van der Waals surface area contributed by atoms with Crippen molar-refractivity contribution in [3.8, 4) is 0 Å². The molecule has 8 aliphatic carbocycles. The van der Waals surface area contributed by atoms with Crippen LogP contribution in [0.2, 0.25) is 0 Å². The van der Waals surface area contributed by atoms with Crippen LogP contribution in [0.3, 0.4) is 0 Å². The third-order valence-corrected chi connectivity index (χ3v) is 12.0. The fourth-order valence-electron chi connectivity index (χ4n) is 11.2. The lowest BCUT2D eigenvalue weighted by molar-refractivity contribution is -0.423. The van der Waals surface area contributed by atoms with Gasteiger partial charge < -0.3 is 25.2 Å². The maximum absolute atomic E-state index is 12.4. The predicted octanol–water partition coefficient (Wildman–Crippen LogP) is 4.17. The first-order valence-electron chi connectivity index (χ1n) is 14.1. The first-order valence-corrected chi connectivity index (χ1v) is 14.1. The van der Waals surface area contributed by atoms with Gasteiger partial charge in [0, 0.05) is 10.8 Å². The second-order valence-corrected chi connectivity index (χ2v) is 13.8. The smallest absolute Gasteiger partial charge is 0.372 e. The van der Waals surface area contributed by atoms with Crippen molar-refractivity contribution in [3.05, 3.63) is 0 Å². The summed E-state index contributed by atoms with van der Waals surface area (Å²) in [6, 6.07) is 0. The molecule has 2 unspecified atom stereocenters. The highest BCUT2D eigenvalue weighted by Crippen LogP contribution is 2.97. The van der Waals surface area contributed by atoms with Crippen molar-refractivity contribution in [2.45, 2.75) is 128 Å². The van der Waals surface area contributed by atoms with Crippen molar-refractivity contribution in [2.75, 3.05) is 6.61 Å². The van der Waals surface area contributed by atoms with Crippen LogP contribution in [-0.4, -0.2) is 44.6 Å². The Morgan fingerprint density at radius 3 is 1.94 bits per heavy atom. The summed E-state index contributed by atoms with van der Waals surface area (Å²) in [6.07, 6.45) is 19.4. The number of carbonyl (C=O) groups is 1. The maximum Gasteiger partial charge on any atom is 0.372 e. The van der Waals surface area contributed by atoms with Crippen LogP contribution in [0.1, 0.15) is 116 Å². The second kappa shape index (κ2) is 7.20. The van der Waals surface area contributed by atoms with Gasteiger partial charge in [0.2, 0.25) is 5.79 Å². The molecule has 6 nitrogen and oxygen atoms in total. The van der Waals surface area contributed by atoms with E-state index in [1.807, 2.05) is 0 Å². The van der Waals surface area contributed by atoms with E-state index in [1.165, 1.54) is 70.6 Å². The Bertz CT molecular complexity index is 849. The summed E-state index contributed by atoms with van der Waals surface area (Å²) in [6.45, 7) is 2.42. The average Bonchev–Trinajstić information content (AvgIpc) is 3.50. The van der Waals surface area contributed by atoms with Crippen molar-refractivity contribution in [1.82, 2.24) is 0 Å².